The molecule has 0 saturated heterocycles. The van der Waals surface area contributed by atoms with Crippen molar-refractivity contribution in [2.45, 2.75) is 0 Å². The highest BCUT2D eigenvalue weighted by molar-refractivity contribution is 7.69. The average Bonchev–Trinajstić information content (AvgIpc) is 2.24. The standard InChI is InChI=1S/C11H12N3OP/c1-4-7-13-9-5-6-11(16(2,3)15)14-10(9)8-12/h1,5-6,13H,7H2,2-3H3. The Balaban J connectivity index is 3.14. The second kappa shape index (κ2) is 4.84. The molecule has 4 nitrogen and oxygen atoms in total. The molecular formula is C11H12N3OP. The van der Waals surface area contributed by atoms with Crippen LogP contribution in [-0.4, -0.2) is 24.9 Å². The van der Waals surface area contributed by atoms with E-state index in [2.05, 4.69) is 16.2 Å². The molecule has 82 valence electrons. The number of hydrogen-bond donors (Lipinski definition) is 1. The fraction of sp³-hybridized carbons (Fsp3) is 0.273. The highest BCUT2D eigenvalue weighted by Crippen LogP contribution is 2.33. The number of terminal acetylenes is 1. The topological polar surface area (TPSA) is 65.8 Å². The minimum atomic E-state index is -2.43. The summed E-state index contributed by atoms with van der Waals surface area (Å²) in [5, 5.41) is 11.8. The lowest BCUT2D eigenvalue weighted by Gasteiger charge is -2.09. The molecule has 0 aliphatic rings. The Bertz CT molecular complexity index is 519. The first-order chi connectivity index (χ1) is 7.49. The van der Waals surface area contributed by atoms with Crippen LogP contribution in [0.1, 0.15) is 5.69 Å². The second-order valence-corrected chi connectivity index (χ2v) is 6.75. The molecule has 1 rings (SSSR count). The molecule has 1 heterocycles. The molecule has 1 aromatic heterocycles. The molecule has 0 saturated carbocycles. The van der Waals surface area contributed by atoms with Gasteiger partial charge in [0, 0.05) is 0 Å². The summed E-state index contributed by atoms with van der Waals surface area (Å²) in [5.41, 5.74) is 1.24. The van der Waals surface area contributed by atoms with Gasteiger partial charge in [0.2, 0.25) is 0 Å². The lowest BCUT2D eigenvalue weighted by atomic mass is 10.3. The summed E-state index contributed by atoms with van der Waals surface area (Å²) < 4.78 is 11.8. The highest BCUT2D eigenvalue weighted by atomic mass is 31.2. The maximum atomic E-state index is 11.8. The van der Waals surface area contributed by atoms with Crippen molar-refractivity contribution in [2.75, 3.05) is 25.2 Å². The van der Waals surface area contributed by atoms with Gasteiger partial charge in [0.1, 0.15) is 18.6 Å². The van der Waals surface area contributed by atoms with Gasteiger partial charge in [-0.1, -0.05) is 5.92 Å². The summed E-state index contributed by atoms with van der Waals surface area (Å²) in [5.74, 6) is 2.41. The van der Waals surface area contributed by atoms with Crippen molar-refractivity contribution >= 4 is 18.3 Å². The van der Waals surface area contributed by atoms with Crippen LogP contribution in [0.5, 0.6) is 0 Å². The van der Waals surface area contributed by atoms with E-state index in [1.165, 1.54) is 0 Å². The molecule has 0 atom stereocenters. The van der Waals surface area contributed by atoms with Gasteiger partial charge in [0.25, 0.3) is 0 Å². The molecule has 16 heavy (non-hydrogen) atoms. The predicted molar refractivity (Wildman–Crippen MR) is 65.4 cm³/mol. The van der Waals surface area contributed by atoms with Crippen LogP contribution in [0.15, 0.2) is 12.1 Å². The van der Waals surface area contributed by atoms with Crippen LogP contribution in [0.4, 0.5) is 5.69 Å². The Morgan fingerprint density at radius 3 is 2.75 bits per heavy atom. The molecule has 0 radical (unpaired) electrons. The Kier molecular flexibility index (Phi) is 3.72. The Morgan fingerprint density at radius 1 is 1.56 bits per heavy atom. The van der Waals surface area contributed by atoms with Crippen molar-refractivity contribution in [3.63, 3.8) is 0 Å². The number of nitrogens with zero attached hydrogens (tertiary/aromatic N) is 2. The zero-order valence-corrected chi connectivity index (χ0v) is 10.1. The number of anilines is 1. The maximum absolute atomic E-state index is 11.8. The smallest absolute Gasteiger partial charge is 0.164 e. The van der Waals surface area contributed by atoms with Crippen LogP contribution in [0.25, 0.3) is 0 Å². The van der Waals surface area contributed by atoms with Crippen molar-refractivity contribution in [2.24, 2.45) is 0 Å². The van der Waals surface area contributed by atoms with E-state index in [0.717, 1.165) is 0 Å². The summed E-state index contributed by atoms with van der Waals surface area (Å²) >= 11 is 0. The number of aromatic nitrogens is 1. The average molecular weight is 233 g/mol. The van der Waals surface area contributed by atoms with Crippen molar-refractivity contribution in [1.82, 2.24) is 4.98 Å². The Morgan fingerprint density at radius 2 is 2.25 bits per heavy atom. The molecule has 0 fully saturated rings. The zero-order chi connectivity index (χ0) is 12.2. The first-order valence-electron chi connectivity index (χ1n) is 4.63. The summed E-state index contributed by atoms with van der Waals surface area (Å²) in [7, 11) is -2.43. The monoisotopic (exact) mass is 233 g/mol. The van der Waals surface area contributed by atoms with Gasteiger partial charge in [-0.25, -0.2) is 4.98 Å². The van der Waals surface area contributed by atoms with E-state index < -0.39 is 7.14 Å². The van der Waals surface area contributed by atoms with Crippen LogP contribution in [-0.2, 0) is 4.57 Å². The minimum Gasteiger partial charge on any atom is -0.372 e. The third-order valence-corrected chi connectivity index (χ3v) is 3.27. The van der Waals surface area contributed by atoms with Crippen molar-refractivity contribution < 1.29 is 4.57 Å². The quantitative estimate of drug-likeness (QED) is 0.630. The summed E-state index contributed by atoms with van der Waals surface area (Å²) in [6.45, 7) is 3.56. The lowest BCUT2D eigenvalue weighted by molar-refractivity contribution is 0.588. The van der Waals surface area contributed by atoms with Crippen molar-refractivity contribution in [3.05, 3.63) is 17.8 Å². The van der Waals surface area contributed by atoms with E-state index in [9.17, 15) is 4.57 Å². The second-order valence-electron chi connectivity index (χ2n) is 3.59. The number of nitrogens with one attached hydrogen (secondary N) is 1. The van der Waals surface area contributed by atoms with Crippen LogP contribution in [0, 0.1) is 23.7 Å². The van der Waals surface area contributed by atoms with Gasteiger partial charge in [-0.3, -0.25) is 0 Å². The third kappa shape index (κ3) is 2.86. The molecule has 0 spiro atoms. The fourth-order valence-corrected chi connectivity index (χ4v) is 1.90. The SMILES string of the molecule is C#CCNc1ccc(P(C)(C)=O)nc1C#N. The van der Waals surface area contributed by atoms with Gasteiger partial charge in [0.05, 0.1) is 12.2 Å². The molecule has 0 aliphatic heterocycles. The largest absolute Gasteiger partial charge is 0.372 e. The van der Waals surface area contributed by atoms with Crippen molar-refractivity contribution in [1.29, 1.82) is 5.26 Å². The van der Waals surface area contributed by atoms with E-state index in [4.69, 9.17) is 11.7 Å². The zero-order valence-electron chi connectivity index (χ0n) is 9.19. The van der Waals surface area contributed by atoms with Crippen LogP contribution in [0.2, 0.25) is 0 Å². The first kappa shape index (κ1) is 12.3. The molecule has 0 unspecified atom stereocenters. The minimum absolute atomic E-state index is 0.219. The third-order valence-electron chi connectivity index (χ3n) is 1.92. The number of rotatable bonds is 3. The summed E-state index contributed by atoms with van der Waals surface area (Å²) in [6.07, 6.45) is 5.11. The number of nitriles is 1. The van der Waals surface area contributed by atoms with Gasteiger partial charge >= 0.3 is 0 Å². The van der Waals surface area contributed by atoms with E-state index in [0.29, 0.717) is 17.7 Å². The number of pyridine rings is 1. The molecule has 1 N–H and O–H groups in total. The van der Waals surface area contributed by atoms with Crippen LogP contribution >= 0.6 is 7.14 Å². The van der Waals surface area contributed by atoms with E-state index in [1.807, 2.05) is 6.07 Å². The Hall–Kier alpha value is -1.77. The molecule has 5 heteroatoms. The molecular weight excluding hydrogens is 221 g/mol. The van der Waals surface area contributed by atoms with E-state index >= 15 is 0 Å². The molecule has 1 aromatic rings. The first-order valence-corrected chi connectivity index (χ1v) is 7.23. The maximum Gasteiger partial charge on any atom is 0.164 e. The summed E-state index contributed by atoms with van der Waals surface area (Å²) in [4.78, 5) is 4.06. The Labute approximate surface area is 95.1 Å². The van der Waals surface area contributed by atoms with Crippen LogP contribution < -0.4 is 10.8 Å². The summed E-state index contributed by atoms with van der Waals surface area (Å²) in [6, 6.07) is 5.29. The number of hydrogen-bond acceptors (Lipinski definition) is 4. The van der Waals surface area contributed by atoms with Gasteiger partial charge < -0.3 is 9.88 Å². The van der Waals surface area contributed by atoms with Crippen molar-refractivity contribution in [3.8, 4) is 18.4 Å². The van der Waals surface area contributed by atoms with E-state index in [1.54, 1.807) is 25.5 Å². The van der Waals surface area contributed by atoms with Gasteiger partial charge in [-0.2, -0.15) is 5.26 Å². The molecule has 0 aromatic carbocycles. The van der Waals surface area contributed by atoms with Crippen LogP contribution in [0.3, 0.4) is 0 Å². The van der Waals surface area contributed by atoms with E-state index in [-0.39, 0.29) is 5.69 Å². The molecule has 0 aliphatic carbocycles. The lowest BCUT2D eigenvalue weighted by Crippen LogP contribution is -2.12. The highest BCUT2D eigenvalue weighted by Gasteiger charge is 2.15. The fourth-order valence-electron chi connectivity index (χ4n) is 1.12. The molecule has 0 bridgehead atoms. The normalized spacial score (nSPS) is 10.2. The molecule has 0 amide bonds. The van der Waals surface area contributed by atoms with Gasteiger partial charge in [-0.05, 0) is 25.5 Å². The van der Waals surface area contributed by atoms with Gasteiger partial charge in [0.15, 0.2) is 5.69 Å². The van der Waals surface area contributed by atoms with Gasteiger partial charge in [-0.15, -0.1) is 6.42 Å². The predicted octanol–water partition coefficient (Wildman–Crippen LogP) is 1.25.